The molecule has 132 valence electrons. The molecule has 0 bridgehead atoms. The number of fused-ring (bicyclic) bond motifs is 1. The third kappa shape index (κ3) is 2.98. The normalized spacial score (nSPS) is 32.4. The molecule has 3 fully saturated rings. The van der Waals surface area contributed by atoms with Crippen LogP contribution in [0.3, 0.4) is 0 Å². The van der Waals surface area contributed by atoms with E-state index in [9.17, 15) is 4.79 Å². The predicted molar refractivity (Wildman–Crippen MR) is 91.5 cm³/mol. The number of nitrogens with zero attached hydrogens (tertiary/aromatic N) is 4. The molecule has 0 spiro atoms. The van der Waals surface area contributed by atoms with Crippen LogP contribution in [0, 0.1) is 5.92 Å². The van der Waals surface area contributed by atoms with E-state index in [1.807, 2.05) is 12.1 Å². The van der Waals surface area contributed by atoms with Gasteiger partial charge in [0.2, 0.25) is 5.91 Å². The number of rotatable bonds is 3. The highest BCUT2D eigenvalue weighted by atomic mass is 16.3. The topological polar surface area (TPSA) is 43.2 Å². The predicted octanol–water partition coefficient (Wildman–Crippen LogP) is 0.558. The van der Waals surface area contributed by atoms with Crippen LogP contribution in [0.5, 0.6) is 0 Å². The summed E-state index contributed by atoms with van der Waals surface area (Å²) in [4.78, 5) is 22.1. The Morgan fingerprint density at radius 2 is 2.00 bits per heavy atom. The third-order valence-electron chi connectivity index (χ3n) is 6.08. The second-order valence-corrected chi connectivity index (χ2v) is 7.65. The summed E-state index contributed by atoms with van der Waals surface area (Å²) in [5.74, 6) is 1.98. The summed E-state index contributed by atoms with van der Waals surface area (Å²) in [5.41, 5.74) is 0. The zero-order chi connectivity index (χ0) is 16.7. The van der Waals surface area contributed by atoms with Gasteiger partial charge in [-0.2, -0.15) is 0 Å². The first kappa shape index (κ1) is 16.1. The van der Waals surface area contributed by atoms with Crippen molar-refractivity contribution in [1.82, 2.24) is 19.6 Å². The molecule has 1 aromatic rings. The number of hydrogen-bond acceptors (Lipinski definition) is 5. The number of piperazine rings is 1. The molecule has 4 heterocycles. The molecule has 3 aliphatic rings. The zero-order valence-electron chi connectivity index (χ0n) is 14.7. The summed E-state index contributed by atoms with van der Waals surface area (Å²) >= 11 is 0. The zero-order valence-corrected chi connectivity index (χ0v) is 14.7. The van der Waals surface area contributed by atoms with Gasteiger partial charge in [0.25, 0.3) is 0 Å². The van der Waals surface area contributed by atoms with Gasteiger partial charge in [0, 0.05) is 45.3 Å². The standard InChI is InChI=1S/C18H28N4O2/c1-19-5-7-22(8-6-19)18(23)16-10-14-11-21(13-17(14)20(16)2)12-15-4-3-9-24-15/h3-4,9,14,16-17H,5-8,10-13H2,1-2H3/t14-,16-,17+/m0/s1. The monoisotopic (exact) mass is 332 g/mol. The van der Waals surface area contributed by atoms with Crippen molar-refractivity contribution in [3.8, 4) is 0 Å². The minimum atomic E-state index is 0.0779. The number of likely N-dealkylation sites (tertiary alicyclic amines) is 2. The van der Waals surface area contributed by atoms with Gasteiger partial charge < -0.3 is 14.2 Å². The molecule has 24 heavy (non-hydrogen) atoms. The van der Waals surface area contributed by atoms with Gasteiger partial charge in [0.05, 0.1) is 18.8 Å². The number of carbonyl (C=O) groups excluding carboxylic acids is 1. The van der Waals surface area contributed by atoms with E-state index in [0.29, 0.717) is 17.9 Å². The van der Waals surface area contributed by atoms with Crippen molar-refractivity contribution in [2.24, 2.45) is 5.92 Å². The van der Waals surface area contributed by atoms with Crippen molar-refractivity contribution in [2.75, 3.05) is 53.4 Å². The first-order valence-corrected chi connectivity index (χ1v) is 9.06. The van der Waals surface area contributed by atoms with Crippen LogP contribution in [0.1, 0.15) is 12.2 Å². The summed E-state index contributed by atoms with van der Waals surface area (Å²) in [6.07, 6.45) is 2.74. The highest BCUT2D eigenvalue weighted by molar-refractivity contribution is 5.82. The van der Waals surface area contributed by atoms with E-state index in [0.717, 1.165) is 58.0 Å². The number of amides is 1. The Balaban J connectivity index is 1.34. The molecule has 3 aliphatic heterocycles. The Hall–Kier alpha value is -1.37. The Morgan fingerprint density at radius 3 is 2.67 bits per heavy atom. The van der Waals surface area contributed by atoms with Gasteiger partial charge in [-0.15, -0.1) is 0 Å². The Labute approximate surface area is 144 Å². The van der Waals surface area contributed by atoms with Gasteiger partial charge in [-0.1, -0.05) is 0 Å². The number of furan rings is 1. The Bertz CT molecular complexity index is 568. The molecule has 0 aromatic carbocycles. The van der Waals surface area contributed by atoms with Gasteiger partial charge in [-0.25, -0.2) is 0 Å². The van der Waals surface area contributed by atoms with Crippen LogP contribution < -0.4 is 0 Å². The fourth-order valence-corrected chi connectivity index (χ4v) is 4.58. The molecule has 1 aromatic heterocycles. The van der Waals surface area contributed by atoms with Crippen molar-refractivity contribution < 1.29 is 9.21 Å². The van der Waals surface area contributed by atoms with E-state index in [-0.39, 0.29) is 6.04 Å². The fraction of sp³-hybridized carbons (Fsp3) is 0.722. The number of likely N-dealkylation sites (N-methyl/N-ethyl adjacent to an activating group) is 2. The molecule has 0 saturated carbocycles. The lowest BCUT2D eigenvalue weighted by atomic mass is 10.0. The summed E-state index contributed by atoms with van der Waals surface area (Å²) in [5, 5.41) is 0. The summed E-state index contributed by atoms with van der Waals surface area (Å²) < 4.78 is 5.47. The molecule has 3 atom stereocenters. The largest absolute Gasteiger partial charge is 0.468 e. The highest BCUT2D eigenvalue weighted by Gasteiger charge is 2.48. The fourth-order valence-electron chi connectivity index (χ4n) is 4.58. The van der Waals surface area contributed by atoms with Gasteiger partial charge in [-0.05, 0) is 38.6 Å². The van der Waals surface area contributed by atoms with Crippen LogP contribution in [-0.2, 0) is 11.3 Å². The summed E-state index contributed by atoms with van der Waals surface area (Å²) in [7, 11) is 4.27. The molecular formula is C18H28N4O2. The Kier molecular flexibility index (Phi) is 4.37. The third-order valence-corrected chi connectivity index (χ3v) is 6.08. The van der Waals surface area contributed by atoms with Gasteiger partial charge >= 0.3 is 0 Å². The van der Waals surface area contributed by atoms with Gasteiger partial charge in [0.1, 0.15) is 5.76 Å². The quantitative estimate of drug-likeness (QED) is 0.809. The van der Waals surface area contributed by atoms with E-state index in [1.54, 1.807) is 6.26 Å². The van der Waals surface area contributed by atoms with E-state index in [2.05, 4.69) is 33.7 Å². The van der Waals surface area contributed by atoms with Crippen molar-refractivity contribution in [1.29, 1.82) is 0 Å². The van der Waals surface area contributed by atoms with Gasteiger partial charge in [-0.3, -0.25) is 14.6 Å². The van der Waals surface area contributed by atoms with Crippen LogP contribution >= 0.6 is 0 Å². The van der Waals surface area contributed by atoms with Crippen LogP contribution in [-0.4, -0.2) is 91.0 Å². The van der Waals surface area contributed by atoms with E-state index in [4.69, 9.17) is 4.42 Å². The summed E-state index contributed by atoms with van der Waals surface area (Å²) in [6, 6.07) is 4.57. The average Bonchev–Trinajstić information content (AvgIpc) is 3.27. The van der Waals surface area contributed by atoms with Crippen molar-refractivity contribution in [3.05, 3.63) is 24.2 Å². The molecule has 0 radical (unpaired) electrons. The molecule has 1 amide bonds. The van der Waals surface area contributed by atoms with Crippen molar-refractivity contribution >= 4 is 5.91 Å². The highest BCUT2D eigenvalue weighted by Crippen LogP contribution is 2.36. The van der Waals surface area contributed by atoms with Crippen molar-refractivity contribution in [2.45, 2.75) is 25.0 Å². The lowest BCUT2D eigenvalue weighted by Crippen LogP contribution is -2.53. The first-order valence-electron chi connectivity index (χ1n) is 9.06. The maximum atomic E-state index is 12.9. The molecule has 6 nitrogen and oxygen atoms in total. The first-order chi connectivity index (χ1) is 11.6. The van der Waals surface area contributed by atoms with E-state index >= 15 is 0 Å². The molecule has 0 N–H and O–H groups in total. The molecule has 4 rings (SSSR count). The average molecular weight is 332 g/mol. The van der Waals surface area contributed by atoms with E-state index in [1.165, 1.54) is 0 Å². The second kappa shape index (κ2) is 6.50. The second-order valence-electron chi connectivity index (χ2n) is 7.65. The number of carbonyl (C=O) groups is 1. The van der Waals surface area contributed by atoms with Crippen LogP contribution in [0.2, 0.25) is 0 Å². The van der Waals surface area contributed by atoms with E-state index < -0.39 is 0 Å². The van der Waals surface area contributed by atoms with Gasteiger partial charge in [0.15, 0.2) is 0 Å². The molecule has 6 heteroatoms. The molecule has 0 aliphatic carbocycles. The van der Waals surface area contributed by atoms with Crippen LogP contribution in [0.4, 0.5) is 0 Å². The molecular weight excluding hydrogens is 304 g/mol. The van der Waals surface area contributed by atoms with Crippen LogP contribution in [0.25, 0.3) is 0 Å². The lowest BCUT2D eigenvalue weighted by molar-refractivity contribution is -0.137. The maximum Gasteiger partial charge on any atom is 0.240 e. The maximum absolute atomic E-state index is 12.9. The SMILES string of the molecule is CN1CCN(C(=O)[C@@H]2C[C@H]3CN(Cc4ccco4)C[C@H]3N2C)CC1. The lowest BCUT2D eigenvalue weighted by Gasteiger charge is -2.36. The number of hydrogen-bond donors (Lipinski definition) is 0. The molecule has 3 saturated heterocycles. The smallest absolute Gasteiger partial charge is 0.240 e. The minimum Gasteiger partial charge on any atom is -0.468 e. The molecule has 0 unspecified atom stereocenters. The van der Waals surface area contributed by atoms with Crippen molar-refractivity contribution in [3.63, 3.8) is 0 Å². The summed E-state index contributed by atoms with van der Waals surface area (Å²) in [6.45, 7) is 6.72. The van der Waals surface area contributed by atoms with Crippen LogP contribution in [0.15, 0.2) is 22.8 Å². The minimum absolute atomic E-state index is 0.0779. The Morgan fingerprint density at radius 1 is 1.21 bits per heavy atom.